The number of anilines is 12. The standard InChI is InChI=1S/C66H45F3N2.C62H41F3N2/c1-44-42-53(47-18-10-4-11-19-47)30-38-60(44)70(55-32-22-49(23-33-55)45-14-6-2-7-15-45)61-39-28-51-27-37-58-62(40-29-52-26-36-57(61)64(51)65(52)58)71(56-34-24-50(25-35-56)46-16-8-3-9-17-46)63-41-31-54(43-59(63)66(67,68)69)48-20-12-5-13-21-48;1-40-38-47(41-14-4-2-5-15-41)30-34-54(40)66(55-24-12-20-43-18-8-10-22-49(43)55)57-35-28-45-27-33-52-58(36-29-46-26-32-51(57)60(45)61(46)52)67(56-25-13-21-44-19-9-11-23-50(44)56)59-37-31-48(39-53(59)62(63,64)65)42-16-6-3-7-17-42/h2-43H,1H3;2-39H,1H3/i4D,5D,10D,11D,12D,13D,18D,19D,20D,21D;2D,3D,4D,5D,6D,7D,14D,15D,16D,17D. The Morgan fingerprint density at radius 3 is 0.768 bits per heavy atom. The molecule has 0 aliphatic heterocycles. The second kappa shape index (κ2) is 35.2. The van der Waals surface area contributed by atoms with Crippen LogP contribution >= 0.6 is 0 Å². The summed E-state index contributed by atoms with van der Waals surface area (Å²) in [6.07, 6.45) is -9.98. The molecule has 0 aliphatic carbocycles. The topological polar surface area (TPSA) is 13.0 Å². The Hall–Kier alpha value is -17.3. The van der Waals surface area contributed by atoms with Gasteiger partial charge in [0.15, 0.2) is 0 Å². The first kappa shape index (κ1) is 65.3. The summed E-state index contributed by atoms with van der Waals surface area (Å²) < 4.78 is 265. The molecule has 4 nitrogen and oxygen atoms in total. The van der Waals surface area contributed by atoms with Gasteiger partial charge in [0.25, 0.3) is 0 Å². The first-order chi connectivity index (χ1) is 75.8. The molecule has 0 radical (unpaired) electrons. The van der Waals surface area contributed by atoms with E-state index in [2.05, 4.69) is 15.9 Å². The lowest BCUT2D eigenvalue weighted by Crippen LogP contribution is -2.17. The van der Waals surface area contributed by atoms with Gasteiger partial charge in [-0.1, -0.05) is 376 Å². The fourth-order valence-corrected chi connectivity index (χ4v) is 19.5. The Labute approximate surface area is 823 Å². The number of benzene rings is 24. The number of rotatable bonds is 18. The van der Waals surface area contributed by atoms with Crippen LogP contribution in [0.25, 0.3) is 153 Å². The van der Waals surface area contributed by atoms with Crippen LogP contribution in [0.3, 0.4) is 0 Å². The first-order valence-electron chi connectivity index (χ1n) is 54.7. The molecular formula is C128H86F6N4. The fraction of sp³-hybridized carbons (Fsp3) is 0.0312. The molecule has 0 atom stereocenters. The molecule has 0 amide bonds. The number of hydrogen-bond acceptors (Lipinski definition) is 4. The largest absolute Gasteiger partial charge is 0.418 e. The third-order valence-electron chi connectivity index (χ3n) is 25.8. The summed E-state index contributed by atoms with van der Waals surface area (Å²) in [5.74, 6) is 0. The van der Waals surface area contributed by atoms with Gasteiger partial charge in [0.2, 0.25) is 0 Å². The van der Waals surface area contributed by atoms with Gasteiger partial charge in [0, 0.05) is 55.1 Å². The van der Waals surface area contributed by atoms with Gasteiger partial charge in [0.1, 0.15) is 0 Å². The zero-order chi connectivity index (χ0) is 111. The molecule has 0 N–H and O–H groups in total. The number of fused-ring (bicyclic) bond motifs is 2. The maximum absolute atomic E-state index is 16.0. The van der Waals surface area contributed by atoms with Crippen molar-refractivity contribution in [3.05, 3.63) is 507 Å². The maximum Gasteiger partial charge on any atom is 0.418 e. The molecule has 0 saturated heterocycles. The fourth-order valence-electron chi connectivity index (χ4n) is 19.5. The molecule has 0 spiro atoms. The van der Waals surface area contributed by atoms with Gasteiger partial charge in [0.05, 0.1) is 84.0 Å². The summed E-state index contributed by atoms with van der Waals surface area (Å²) in [5, 5.41) is 13.0. The number of aryl methyl sites for hydroxylation is 2. The molecule has 138 heavy (non-hydrogen) atoms. The van der Waals surface area contributed by atoms with Gasteiger partial charge in [-0.05, 0) is 255 Å². The van der Waals surface area contributed by atoms with Gasteiger partial charge < -0.3 is 19.6 Å². The molecule has 24 rings (SSSR count). The number of halogens is 6. The highest BCUT2D eigenvalue weighted by Gasteiger charge is 2.39. The van der Waals surface area contributed by atoms with Crippen molar-refractivity contribution >= 4 is 154 Å². The highest BCUT2D eigenvalue weighted by Crippen LogP contribution is 2.56. The van der Waals surface area contributed by atoms with Crippen LogP contribution in [0.1, 0.15) is 49.7 Å². The van der Waals surface area contributed by atoms with E-state index < -0.39 is 120 Å². The quantitative estimate of drug-likeness (QED) is 0.0627. The molecule has 0 heterocycles. The summed E-state index contributed by atoms with van der Waals surface area (Å²) in [6, 6.07) is 101. The molecule has 0 saturated carbocycles. The third-order valence-corrected chi connectivity index (χ3v) is 25.8. The molecule has 24 aromatic rings. The summed E-state index contributed by atoms with van der Waals surface area (Å²) in [7, 11) is 0. The SMILES string of the molecule is [2H]c1c([2H])c([2H])c(-c2ccc(N(c3ccc(-c4ccccc4)cc3)c3ccc4ccc5c(N(c6ccc(-c7ccccc7)cc6)c6ccc(-c7c([2H])c([2H])c([2H])c([2H])c7[2H])cc6C(F)(F)F)ccc6ccc3c4c65)c(C)c2)c([2H])c1[2H].[2H]c1c([2H])c([2H])c(-c2ccc(N(c3cccc4ccccc34)c3ccc4ccc5c(N(c6ccc(-c7c([2H])c([2H])c([2H])c([2H])c7[2H])cc6C(F)(F)F)c6cccc7ccccc67)ccc6ccc3c4c65)c(C)c2)c([2H])c1[2H]. The van der Waals surface area contributed by atoms with Crippen LogP contribution in [-0.2, 0) is 12.4 Å². The highest BCUT2D eigenvalue weighted by molar-refractivity contribution is 6.30. The molecule has 10 heteroatoms. The monoisotopic (exact) mass is 1810 g/mol. The lowest BCUT2D eigenvalue weighted by Gasteiger charge is -2.32. The summed E-state index contributed by atoms with van der Waals surface area (Å²) in [5.41, 5.74) is 8.97. The Balaban J connectivity index is 0.000000171. The minimum atomic E-state index is -4.99. The van der Waals surface area contributed by atoms with Crippen molar-refractivity contribution in [3.63, 3.8) is 0 Å². The van der Waals surface area contributed by atoms with E-state index in [4.69, 9.17) is 27.4 Å². The molecule has 0 aliphatic rings. The lowest BCUT2D eigenvalue weighted by molar-refractivity contribution is -0.137. The van der Waals surface area contributed by atoms with Gasteiger partial charge in [-0.25, -0.2) is 0 Å². The molecule has 24 aromatic carbocycles. The van der Waals surface area contributed by atoms with E-state index in [0.717, 1.165) is 150 Å². The minimum absolute atomic E-state index is 0.0847. The van der Waals surface area contributed by atoms with Crippen molar-refractivity contribution in [1.82, 2.24) is 0 Å². The summed E-state index contributed by atoms with van der Waals surface area (Å²) >= 11 is 0. The van der Waals surface area contributed by atoms with Gasteiger partial charge in [-0.2, -0.15) is 26.3 Å². The van der Waals surface area contributed by atoms with E-state index in [-0.39, 0.29) is 68.9 Å². The lowest BCUT2D eigenvalue weighted by atomic mass is 9.91. The predicted octanol–water partition coefficient (Wildman–Crippen LogP) is 38.0. The van der Waals surface area contributed by atoms with Crippen molar-refractivity contribution in [2.75, 3.05) is 19.6 Å². The van der Waals surface area contributed by atoms with E-state index in [9.17, 15) is 0 Å². The van der Waals surface area contributed by atoms with Crippen LogP contribution in [0.5, 0.6) is 0 Å². The first-order valence-corrected chi connectivity index (χ1v) is 44.7. The molecule has 0 bridgehead atoms. The van der Waals surface area contributed by atoms with Crippen LogP contribution < -0.4 is 19.6 Å². The maximum atomic E-state index is 16.0. The van der Waals surface area contributed by atoms with Crippen molar-refractivity contribution in [2.24, 2.45) is 0 Å². The molecule has 0 unspecified atom stereocenters. The Morgan fingerprint density at radius 1 is 0.181 bits per heavy atom. The molecule has 660 valence electrons. The highest BCUT2D eigenvalue weighted by atomic mass is 19.4. The van der Waals surface area contributed by atoms with E-state index in [1.807, 2.05) is 293 Å². The van der Waals surface area contributed by atoms with Crippen LogP contribution in [0.2, 0.25) is 0 Å². The van der Waals surface area contributed by atoms with E-state index >= 15 is 26.3 Å². The van der Waals surface area contributed by atoms with Crippen LogP contribution in [0, 0.1) is 13.8 Å². The second-order valence-electron chi connectivity index (χ2n) is 33.8. The van der Waals surface area contributed by atoms with Crippen molar-refractivity contribution in [3.8, 4) is 66.8 Å². The van der Waals surface area contributed by atoms with E-state index in [1.165, 1.54) is 24.3 Å². The number of alkyl halides is 6. The number of nitrogens with zero attached hydrogens (tertiary/aromatic N) is 4. The van der Waals surface area contributed by atoms with Gasteiger partial charge in [-0.3, -0.25) is 0 Å². The van der Waals surface area contributed by atoms with Crippen LogP contribution in [0.4, 0.5) is 94.6 Å². The second-order valence-corrected chi connectivity index (χ2v) is 33.8. The van der Waals surface area contributed by atoms with Crippen molar-refractivity contribution in [2.45, 2.75) is 26.2 Å². The Bertz CT molecular complexity index is 9920. The molecule has 0 aromatic heterocycles. The molecule has 0 fully saturated rings. The average molecular weight is 1810 g/mol. The van der Waals surface area contributed by atoms with Crippen molar-refractivity contribution in [1.29, 1.82) is 0 Å². The minimum Gasteiger partial charge on any atom is -0.310 e. The van der Waals surface area contributed by atoms with E-state index in [1.54, 1.807) is 52.3 Å². The zero-order valence-electron chi connectivity index (χ0n) is 93.7. The molecular weight excluding hydrogens is 1710 g/mol. The summed E-state index contributed by atoms with van der Waals surface area (Å²) in [4.78, 5) is 7.45. The van der Waals surface area contributed by atoms with E-state index in [0.29, 0.717) is 50.0 Å². The zero-order valence-corrected chi connectivity index (χ0v) is 73.7. The van der Waals surface area contributed by atoms with Gasteiger partial charge in [-0.15, -0.1) is 0 Å². The number of hydrogen-bond donors (Lipinski definition) is 0. The Kier molecular flexibility index (Phi) is 16.7. The normalized spacial score (nSPS) is 13.8. The predicted molar refractivity (Wildman–Crippen MR) is 566 cm³/mol. The van der Waals surface area contributed by atoms with Crippen LogP contribution in [0.15, 0.2) is 485 Å². The van der Waals surface area contributed by atoms with Gasteiger partial charge >= 0.3 is 12.4 Å². The Morgan fingerprint density at radius 2 is 0.428 bits per heavy atom. The smallest absolute Gasteiger partial charge is 0.310 e. The van der Waals surface area contributed by atoms with Crippen molar-refractivity contribution < 1.29 is 53.8 Å². The average Bonchev–Trinajstić information content (AvgIpc) is 0.713. The van der Waals surface area contributed by atoms with Crippen LogP contribution in [-0.4, -0.2) is 0 Å². The third kappa shape index (κ3) is 15.6. The summed E-state index contributed by atoms with van der Waals surface area (Å²) in [6.45, 7) is 3.83.